The van der Waals surface area contributed by atoms with Gasteiger partial charge in [0.2, 0.25) is 0 Å². The van der Waals surface area contributed by atoms with Crippen molar-refractivity contribution in [3.05, 3.63) is 29.3 Å². The van der Waals surface area contributed by atoms with Crippen molar-refractivity contribution in [3.63, 3.8) is 0 Å². The Balaban J connectivity index is 2.18. The number of rotatable bonds is 4. The number of aryl methyl sites for hydroxylation is 1. The highest BCUT2D eigenvalue weighted by Gasteiger charge is 2.22. The van der Waals surface area contributed by atoms with Crippen LogP contribution in [-0.4, -0.2) is 6.61 Å². The van der Waals surface area contributed by atoms with Crippen LogP contribution in [0, 0.1) is 6.92 Å². The van der Waals surface area contributed by atoms with E-state index in [0.29, 0.717) is 0 Å². The Labute approximate surface area is 92.5 Å². The van der Waals surface area contributed by atoms with E-state index in [0.717, 1.165) is 24.7 Å². The number of ether oxygens (including phenoxy) is 1. The molecule has 0 N–H and O–H groups in total. The van der Waals surface area contributed by atoms with Gasteiger partial charge >= 0.3 is 0 Å². The van der Waals surface area contributed by atoms with Gasteiger partial charge in [0.05, 0.1) is 6.61 Å². The predicted molar refractivity (Wildman–Crippen MR) is 63.6 cm³/mol. The largest absolute Gasteiger partial charge is 0.493 e. The summed E-state index contributed by atoms with van der Waals surface area (Å²) in [4.78, 5) is 0. The smallest absolute Gasteiger partial charge is 0.123 e. The highest BCUT2D eigenvalue weighted by molar-refractivity contribution is 5.40. The molecular formula is C14H20O. The van der Waals surface area contributed by atoms with Gasteiger partial charge < -0.3 is 4.74 Å². The summed E-state index contributed by atoms with van der Waals surface area (Å²) in [5, 5.41) is 0. The fraction of sp³-hybridized carbons (Fsp3) is 0.571. The molecule has 1 aromatic carbocycles. The molecule has 15 heavy (non-hydrogen) atoms. The quantitative estimate of drug-likeness (QED) is 0.719. The lowest BCUT2D eigenvalue weighted by atomic mass is 9.79. The molecule has 0 bridgehead atoms. The molecule has 0 unspecified atom stereocenters. The topological polar surface area (TPSA) is 9.23 Å². The minimum absolute atomic E-state index is 0.762. The molecule has 0 aliphatic heterocycles. The van der Waals surface area contributed by atoms with E-state index in [1.807, 2.05) is 0 Å². The first kappa shape index (κ1) is 10.5. The van der Waals surface area contributed by atoms with Crippen molar-refractivity contribution in [2.75, 3.05) is 6.61 Å². The second-order valence-electron chi connectivity index (χ2n) is 4.52. The van der Waals surface area contributed by atoms with Crippen molar-refractivity contribution in [1.82, 2.24) is 0 Å². The van der Waals surface area contributed by atoms with Crippen molar-refractivity contribution in [2.24, 2.45) is 0 Å². The summed E-state index contributed by atoms with van der Waals surface area (Å²) in [6.45, 7) is 5.12. The number of hydrogen-bond acceptors (Lipinski definition) is 1. The van der Waals surface area contributed by atoms with E-state index in [2.05, 4.69) is 32.0 Å². The van der Waals surface area contributed by atoms with Gasteiger partial charge in [-0.05, 0) is 49.3 Å². The summed E-state index contributed by atoms with van der Waals surface area (Å²) in [5.41, 5.74) is 2.73. The molecule has 0 aromatic heterocycles. The lowest BCUT2D eigenvalue weighted by Gasteiger charge is -2.27. The number of hydrogen-bond donors (Lipinski definition) is 0. The van der Waals surface area contributed by atoms with Crippen LogP contribution in [0.5, 0.6) is 5.75 Å². The van der Waals surface area contributed by atoms with Gasteiger partial charge in [-0.1, -0.05) is 25.5 Å². The van der Waals surface area contributed by atoms with Crippen LogP contribution in [0.1, 0.15) is 49.7 Å². The Hall–Kier alpha value is -0.980. The zero-order valence-electron chi connectivity index (χ0n) is 9.75. The highest BCUT2D eigenvalue weighted by Crippen LogP contribution is 2.41. The number of benzene rings is 1. The molecule has 0 spiro atoms. The maximum absolute atomic E-state index is 5.82. The first-order chi connectivity index (χ1) is 7.31. The summed E-state index contributed by atoms with van der Waals surface area (Å²) in [6.07, 6.45) is 5.14. The molecule has 1 aliphatic carbocycles. The van der Waals surface area contributed by atoms with E-state index in [-0.39, 0.29) is 0 Å². The van der Waals surface area contributed by atoms with Crippen LogP contribution < -0.4 is 4.74 Å². The lowest BCUT2D eigenvalue weighted by molar-refractivity contribution is 0.304. The van der Waals surface area contributed by atoms with Crippen LogP contribution in [0.15, 0.2) is 18.2 Å². The van der Waals surface area contributed by atoms with E-state index in [4.69, 9.17) is 4.74 Å². The van der Waals surface area contributed by atoms with Crippen LogP contribution in [0.25, 0.3) is 0 Å². The van der Waals surface area contributed by atoms with Crippen LogP contribution in [0.3, 0.4) is 0 Å². The molecule has 0 amide bonds. The average Bonchev–Trinajstić information content (AvgIpc) is 2.15. The third-order valence-electron chi connectivity index (χ3n) is 3.18. The van der Waals surface area contributed by atoms with Gasteiger partial charge in [-0.25, -0.2) is 0 Å². The van der Waals surface area contributed by atoms with Crippen LogP contribution in [0.4, 0.5) is 0 Å². The van der Waals surface area contributed by atoms with E-state index in [1.165, 1.54) is 30.4 Å². The fourth-order valence-corrected chi connectivity index (χ4v) is 2.04. The normalized spacial score (nSPS) is 16.1. The Bertz CT molecular complexity index is 326. The molecule has 0 radical (unpaired) electrons. The van der Waals surface area contributed by atoms with Gasteiger partial charge in [-0.2, -0.15) is 0 Å². The molecule has 1 heteroatoms. The van der Waals surface area contributed by atoms with E-state index in [9.17, 15) is 0 Å². The minimum Gasteiger partial charge on any atom is -0.493 e. The van der Waals surface area contributed by atoms with Gasteiger partial charge in [0, 0.05) is 0 Å². The molecule has 0 heterocycles. The Kier molecular flexibility index (Phi) is 3.30. The predicted octanol–water partition coefficient (Wildman–Crippen LogP) is 4.05. The molecule has 1 nitrogen and oxygen atoms in total. The standard InChI is InChI=1S/C14H20O/c1-3-9-15-14-10-11(2)7-8-13(14)12-5-4-6-12/h7-8,10,12H,3-6,9H2,1-2H3. The third-order valence-corrected chi connectivity index (χ3v) is 3.18. The Morgan fingerprint density at radius 1 is 1.33 bits per heavy atom. The van der Waals surface area contributed by atoms with Crippen molar-refractivity contribution < 1.29 is 4.74 Å². The summed E-state index contributed by atoms with van der Waals surface area (Å²) in [5.74, 6) is 1.89. The summed E-state index contributed by atoms with van der Waals surface area (Å²) < 4.78 is 5.82. The first-order valence-corrected chi connectivity index (χ1v) is 6.04. The maximum atomic E-state index is 5.82. The highest BCUT2D eigenvalue weighted by atomic mass is 16.5. The van der Waals surface area contributed by atoms with Gasteiger partial charge in [0.25, 0.3) is 0 Å². The maximum Gasteiger partial charge on any atom is 0.123 e. The van der Waals surface area contributed by atoms with Crippen LogP contribution in [-0.2, 0) is 0 Å². The third kappa shape index (κ3) is 2.34. The lowest BCUT2D eigenvalue weighted by Crippen LogP contribution is -2.11. The second kappa shape index (κ2) is 4.69. The van der Waals surface area contributed by atoms with Gasteiger partial charge in [-0.3, -0.25) is 0 Å². The molecule has 82 valence electrons. The first-order valence-electron chi connectivity index (χ1n) is 6.04. The molecular weight excluding hydrogens is 184 g/mol. The van der Waals surface area contributed by atoms with E-state index >= 15 is 0 Å². The zero-order chi connectivity index (χ0) is 10.7. The molecule has 1 aromatic rings. The molecule has 0 atom stereocenters. The van der Waals surface area contributed by atoms with Gasteiger partial charge in [0.1, 0.15) is 5.75 Å². The summed E-state index contributed by atoms with van der Waals surface area (Å²) >= 11 is 0. The van der Waals surface area contributed by atoms with Gasteiger partial charge in [-0.15, -0.1) is 0 Å². The Morgan fingerprint density at radius 2 is 2.13 bits per heavy atom. The van der Waals surface area contributed by atoms with Crippen molar-refractivity contribution in [2.45, 2.75) is 45.4 Å². The zero-order valence-corrected chi connectivity index (χ0v) is 9.75. The van der Waals surface area contributed by atoms with Crippen LogP contribution >= 0.6 is 0 Å². The molecule has 1 fully saturated rings. The van der Waals surface area contributed by atoms with Crippen molar-refractivity contribution in [1.29, 1.82) is 0 Å². The van der Waals surface area contributed by atoms with Crippen molar-refractivity contribution >= 4 is 0 Å². The second-order valence-corrected chi connectivity index (χ2v) is 4.52. The molecule has 1 saturated carbocycles. The van der Waals surface area contributed by atoms with Gasteiger partial charge in [0.15, 0.2) is 0 Å². The van der Waals surface area contributed by atoms with E-state index < -0.39 is 0 Å². The molecule has 0 saturated heterocycles. The van der Waals surface area contributed by atoms with Crippen molar-refractivity contribution in [3.8, 4) is 5.75 Å². The fourth-order valence-electron chi connectivity index (χ4n) is 2.04. The molecule has 1 aliphatic rings. The molecule has 2 rings (SSSR count). The summed E-state index contributed by atoms with van der Waals surface area (Å²) in [6, 6.07) is 6.64. The van der Waals surface area contributed by atoms with Crippen LogP contribution in [0.2, 0.25) is 0 Å². The Morgan fingerprint density at radius 3 is 2.73 bits per heavy atom. The SMILES string of the molecule is CCCOc1cc(C)ccc1C1CCC1. The van der Waals surface area contributed by atoms with E-state index in [1.54, 1.807) is 0 Å². The minimum atomic E-state index is 0.762. The monoisotopic (exact) mass is 204 g/mol. The summed E-state index contributed by atoms with van der Waals surface area (Å²) in [7, 11) is 0. The average molecular weight is 204 g/mol.